The Kier molecular flexibility index (Phi) is 4.40. The predicted octanol–water partition coefficient (Wildman–Crippen LogP) is 2.62. The molecule has 0 fully saturated rings. The van der Waals surface area contributed by atoms with Gasteiger partial charge in [-0.25, -0.2) is 4.98 Å². The fourth-order valence-electron chi connectivity index (χ4n) is 1.83. The molecule has 1 aromatic carbocycles. The van der Waals surface area contributed by atoms with Crippen LogP contribution in [0, 0.1) is 6.92 Å². The van der Waals surface area contributed by atoms with Gasteiger partial charge < -0.3 is 14.6 Å². The molecule has 0 radical (unpaired) electrons. The van der Waals surface area contributed by atoms with Crippen LogP contribution in [0.15, 0.2) is 34.9 Å². The first-order valence-corrected chi connectivity index (χ1v) is 6.53. The molecule has 2 aromatic rings. The van der Waals surface area contributed by atoms with E-state index in [1.54, 1.807) is 13.2 Å². The number of aromatic nitrogens is 1. The van der Waals surface area contributed by atoms with Gasteiger partial charge in [-0.3, -0.25) is 4.79 Å². The van der Waals surface area contributed by atoms with Gasteiger partial charge in [0.25, 0.3) is 0 Å². The Morgan fingerprint density at radius 2 is 2.00 bits per heavy atom. The average molecular weight is 273 g/mol. The predicted molar refractivity (Wildman–Crippen MR) is 79.0 cm³/mol. The molecule has 1 heterocycles. The molecular formula is C15H19N3O2. The summed E-state index contributed by atoms with van der Waals surface area (Å²) in [4.78, 5) is 18.0. The van der Waals surface area contributed by atoms with Crippen molar-refractivity contribution in [2.75, 3.05) is 24.3 Å². The molecule has 0 unspecified atom stereocenters. The maximum absolute atomic E-state index is 11.8. The monoisotopic (exact) mass is 273 g/mol. The molecule has 0 atom stereocenters. The average Bonchev–Trinajstić information content (AvgIpc) is 2.83. The number of oxazole rings is 1. The highest BCUT2D eigenvalue weighted by molar-refractivity contribution is 5.90. The molecule has 0 aliphatic heterocycles. The number of nitrogens with one attached hydrogen (secondary N) is 1. The van der Waals surface area contributed by atoms with E-state index in [2.05, 4.69) is 10.3 Å². The summed E-state index contributed by atoms with van der Waals surface area (Å²) in [5, 5.41) is 2.87. The summed E-state index contributed by atoms with van der Waals surface area (Å²) < 4.78 is 5.10. The summed E-state index contributed by atoms with van der Waals surface area (Å²) in [6.07, 6.45) is 2.56. The Morgan fingerprint density at radius 3 is 2.55 bits per heavy atom. The zero-order valence-electron chi connectivity index (χ0n) is 12.0. The van der Waals surface area contributed by atoms with Crippen molar-refractivity contribution in [1.82, 2.24) is 4.98 Å². The molecule has 5 nitrogen and oxygen atoms in total. The molecule has 0 saturated heterocycles. The Hall–Kier alpha value is -2.30. The highest BCUT2D eigenvalue weighted by Crippen LogP contribution is 2.16. The summed E-state index contributed by atoms with van der Waals surface area (Å²) >= 11 is 0. The quantitative estimate of drug-likeness (QED) is 0.909. The number of amides is 1. The standard InChI is InChI=1S/C15H19N3O2/c1-11-16-13(10-20-11)6-9-15(19)17-12-4-7-14(8-5-12)18(2)3/h4-5,7-8,10H,6,9H2,1-3H3,(H,17,19). The van der Waals surface area contributed by atoms with Crippen molar-refractivity contribution in [3.05, 3.63) is 42.1 Å². The lowest BCUT2D eigenvalue weighted by molar-refractivity contribution is -0.116. The number of benzene rings is 1. The largest absolute Gasteiger partial charge is 0.449 e. The van der Waals surface area contributed by atoms with Gasteiger partial charge in [-0.05, 0) is 24.3 Å². The Bertz CT molecular complexity index is 573. The highest BCUT2D eigenvalue weighted by atomic mass is 16.3. The van der Waals surface area contributed by atoms with Crippen LogP contribution in [0.2, 0.25) is 0 Å². The lowest BCUT2D eigenvalue weighted by atomic mass is 10.2. The topological polar surface area (TPSA) is 58.4 Å². The summed E-state index contributed by atoms with van der Waals surface area (Å²) in [5.74, 6) is 0.600. The summed E-state index contributed by atoms with van der Waals surface area (Å²) in [7, 11) is 3.96. The van der Waals surface area contributed by atoms with E-state index in [0.717, 1.165) is 17.1 Å². The number of nitrogens with zero attached hydrogens (tertiary/aromatic N) is 2. The molecule has 1 N–H and O–H groups in total. The van der Waals surface area contributed by atoms with Gasteiger partial charge in [0.2, 0.25) is 5.91 Å². The number of carbonyl (C=O) groups is 1. The van der Waals surface area contributed by atoms with Crippen LogP contribution in [-0.4, -0.2) is 25.0 Å². The van der Waals surface area contributed by atoms with Gasteiger partial charge in [-0.2, -0.15) is 0 Å². The van der Waals surface area contributed by atoms with Crippen molar-refractivity contribution in [2.45, 2.75) is 19.8 Å². The van der Waals surface area contributed by atoms with Crippen LogP contribution in [-0.2, 0) is 11.2 Å². The minimum Gasteiger partial charge on any atom is -0.449 e. The second-order valence-electron chi connectivity index (χ2n) is 4.85. The van der Waals surface area contributed by atoms with E-state index in [9.17, 15) is 4.79 Å². The number of aryl methyl sites for hydroxylation is 2. The molecule has 0 aliphatic rings. The number of hydrogen-bond acceptors (Lipinski definition) is 4. The molecule has 0 spiro atoms. The van der Waals surface area contributed by atoms with Crippen LogP contribution in [0.25, 0.3) is 0 Å². The highest BCUT2D eigenvalue weighted by Gasteiger charge is 2.06. The lowest BCUT2D eigenvalue weighted by Gasteiger charge is -2.13. The molecule has 20 heavy (non-hydrogen) atoms. The van der Waals surface area contributed by atoms with Crippen molar-refractivity contribution in [2.24, 2.45) is 0 Å². The number of carbonyl (C=O) groups excluding carboxylic acids is 1. The van der Waals surface area contributed by atoms with Gasteiger partial charge in [0.1, 0.15) is 6.26 Å². The minimum absolute atomic E-state index is 0.0248. The molecule has 106 valence electrons. The van der Waals surface area contributed by atoms with E-state index in [0.29, 0.717) is 18.7 Å². The first-order chi connectivity index (χ1) is 9.54. The lowest BCUT2D eigenvalue weighted by Crippen LogP contribution is -2.13. The summed E-state index contributed by atoms with van der Waals surface area (Å²) in [6, 6.07) is 7.73. The first kappa shape index (κ1) is 14.1. The zero-order chi connectivity index (χ0) is 14.5. The van der Waals surface area contributed by atoms with Crippen molar-refractivity contribution < 1.29 is 9.21 Å². The fraction of sp³-hybridized carbons (Fsp3) is 0.333. The van der Waals surface area contributed by atoms with Crippen LogP contribution >= 0.6 is 0 Å². The smallest absolute Gasteiger partial charge is 0.224 e. The van der Waals surface area contributed by atoms with Gasteiger partial charge in [-0.15, -0.1) is 0 Å². The van der Waals surface area contributed by atoms with Gasteiger partial charge in [0.05, 0.1) is 5.69 Å². The van der Waals surface area contributed by atoms with E-state index in [4.69, 9.17) is 4.42 Å². The van der Waals surface area contributed by atoms with Crippen molar-refractivity contribution >= 4 is 17.3 Å². The summed E-state index contributed by atoms with van der Waals surface area (Å²) in [5.41, 5.74) is 2.71. The van der Waals surface area contributed by atoms with Gasteiger partial charge in [-0.1, -0.05) is 0 Å². The van der Waals surface area contributed by atoms with Gasteiger partial charge in [0.15, 0.2) is 5.89 Å². The van der Waals surface area contributed by atoms with Gasteiger partial charge in [0, 0.05) is 45.2 Å². The molecule has 2 rings (SSSR count). The molecule has 5 heteroatoms. The normalized spacial score (nSPS) is 10.3. The van der Waals surface area contributed by atoms with Crippen molar-refractivity contribution in [1.29, 1.82) is 0 Å². The number of rotatable bonds is 5. The Balaban J connectivity index is 1.84. The summed E-state index contributed by atoms with van der Waals surface area (Å²) in [6.45, 7) is 1.79. The van der Waals surface area contributed by atoms with Crippen LogP contribution in [0.1, 0.15) is 18.0 Å². The van der Waals surface area contributed by atoms with E-state index < -0.39 is 0 Å². The third-order valence-electron chi connectivity index (χ3n) is 2.94. The van der Waals surface area contributed by atoms with E-state index in [1.807, 2.05) is 43.3 Å². The second kappa shape index (κ2) is 6.23. The molecule has 0 aliphatic carbocycles. The molecule has 0 saturated carbocycles. The second-order valence-corrected chi connectivity index (χ2v) is 4.85. The molecule has 1 amide bonds. The van der Waals surface area contributed by atoms with Gasteiger partial charge >= 0.3 is 0 Å². The maximum atomic E-state index is 11.8. The molecule has 1 aromatic heterocycles. The van der Waals surface area contributed by atoms with Crippen LogP contribution in [0.5, 0.6) is 0 Å². The van der Waals surface area contributed by atoms with E-state index in [-0.39, 0.29) is 5.91 Å². The third kappa shape index (κ3) is 3.85. The van der Waals surface area contributed by atoms with Crippen LogP contribution in [0.3, 0.4) is 0 Å². The van der Waals surface area contributed by atoms with E-state index in [1.165, 1.54) is 0 Å². The molecule has 0 bridgehead atoms. The Morgan fingerprint density at radius 1 is 1.30 bits per heavy atom. The van der Waals surface area contributed by atoms with Crippen LogP contribution < -0.4 is 10.2 Å². The zero-order valence-corrected chi connectivity index (χ0v) is 12.0. The minimum atomic E-state index is -0.0248. The number of hydrogen-bond donors (Lipinski definition) is 1. The fourth-order valence-corrected chi connectivity index (χ4v) is 1.83. The Labute approximate surface area is 118 Å². The van der Waals surface area contributed by atoms with E-state index >= 15 is 0 Å². The third-order valence-corrected chi connectivity index (χ3v) is 2.94. The van der Waals surface area contributed by atoms with Crippen LogP contribution in [0.4, 0.5) is 11.4 Å². The number of anilines is 2. The SMILES string of the molecule is Cc1nc(CCC(=O)Nc2ccc(N(C)C)cc2)co1. The first-order valence-electron chi connectivity index (χ1n) is 6.53. The van der Waals surface area contributed by atoms with Crippen molar-refractivity contribution in [3.63, 3.8) is 0 Å². The maximum Gasteiger partial charge on any atom is 0.224 e. The van der Waals surface area contributed by atoms with Crippen molar-refractivity contribution in [3.8, 4) is 0 Å². The molecular weight excluding hydrogens is 254 g/mol.